The Labute approximate surface area is 320 Å². The molecule has 0 amide bonds. The molecule has 0 aromatic heterocycles. The van der Waals surface area contributed by atoms with Gasteiger partial charge in [-0.25, -0.2) is 0 Å². The molecular formula is C41H70O13. The summed E-state index contributed by atoms with van der Waals surface area (Å²) in [7, 11) is 0. The SMILES string of the molecule is CC(C)=CCC[C@](C)(O)[C@H]1CC[C@]2(C)[C@@H]1[C@H](O)C[C@@H]1[C@@]3(C)CC[C@H](O)C(C)(C)[C@@H]3[C@@H](O[C@@H]3O[C@H](CO[C@@H]4OC[C@H](O)[C@H](O)[C@H]4O)[C@@H](O)[C@H](O)[C@H]3O)C[C@]12C. The molecule has 6 rings (SSSR count). The van der Waals surface area contributed by atoms with Crippen LogP contribution in [0.1, 0.15) is 107 Å². The number of hydrogen-bond donors (Lipinski definition) is 9. The maximum atomic E-state index is 12.2. The first kappa shape index (κ1) is 42.8. The fourth-order valence-corrected chi connectivity index (χ4v) is 13.0. The first-order valence-electron chi connectivity index (χ1n) is 20.4. The molecule has 2 aliphatic heterocycles. The van der Waals surface area contributed by atoms with E-state index in [1.807, 2.05) is 20.8 Å². The lowest BCUT2D eigenvalue weighted by molar-refractivity contribution is -0.353. The molecular weight excluding hydrogens is 700 g/mol. The zero-order valence-corrected chi connectivity index (χ0v) is 33.5. The van der Waals surface area contributed by atoms with Gasteiger partial charge in [0.05, 0.1) is 37.1 Å². The molecule has 0 unspecified atom stereocenters. The molecule has 0 aromatic carbocycles. The Hall–Kier alpha value is -0.780. The van der Waals surface area contributed by atoms with E-state index < -0.39 is 102 Å². The molecule has 0 spiro atoms. The third-order valence-corrected chi connectivity index (χ3v) is 16.1. The smallest absolute Gasteiger partial charge is 0.186 e. The summed E-state index contributed by atoms with van der Waals surface area (Å²) < 4.78 is 24.1. The molecule has 13 heteroatoms. The van der Waals surface area contributed by atoms with Crippen molar-refractivity contribution < 1.29 is 64.9 Å². The minimum absolute atomic E-state index is 0.0637. The van der Waals surface area contributed by atoms with Gasteiger partial charge in [0, 0.05) is 0 Å². The van der Waals surface area contributed by atoms with Crippen molar-refractivity contribution >= 4 is 0 Å². The lowest BCUT2D eigenvalue weighted by Gasteiger charge is -2.72. The molecule has 20 atom stereocenters. The molecule has 6 fully saturated rings. The van der Waals surface area contributed by atoms with Crippen molar-refractivity contribution in [3.63, 3.8) is 0 Å². The lowest BCUT2D eigenvalue weighted by atomic mass is 9.34. The summed E-state index contributed by atoms with van der Waals surface area (Å²) >= 11 is 0. The van der Waals surface area contributed by atoms with Crippen molar-refractivity contribution in [1.29, 1.82) is 0 Å². The molecule has 13 nitrogen and oxygen atoms in total. The summed E-state index contributed by atoms with van der Waals surface area (Å²) in [5, 5.41) is 99.4. The summed E-state index contributed by atoms with van der Waals surface area (Å²) in [6.07, 6.45) is -7.50. The lowest BCUT2D eigenvalue weighted by Crippen LogP contribution is -2.71. The standard InChI is InChI=1S/C41H70O13/c1-20(2)10-9-13-41(8,50)21-11-15-39(6)28(21)22(42)16-26-38(5)14-12-27(44)37(3,4)34(38)24(17-40(26,39)7)53-36-33(49)31(47)30(46)25(54-36)19-52-35-32(48)29(45)23(43)18-51-35/h10,21-36,42-50H,9,11-19H2,1-8H3/t21-,22+,23-,24-,25+,26+,27-,28-,29-,30+,31-,32+,33+,34-,35-,36+,38+,39+,40+,41-/m0/s1. The monoisotopic (exact) mass is 770 g/mol. The second kappa shape index (κ2) is 15.1. The Bertz CT molecular complexity index is 1350. The molecule has 0 bridgehead atoms. The minimum Gasteiger partial charge on any atom is -0.393 e. The van der Waals surface area contributed by atoms with E-state index in [2.05, 4.69) is 40.7 Å². The quantitative estimate of drug-likeness (QED) is 0.121. The van der Waals surface area contributed by atoms with Crippen LogP contribution in [0, 0.1) is 45.3 Å². The van der Waals surface area contributed by atoms with Gasteiger partial charge in [0.1, 0.15) is 42.7 Å². The van der Waals surface area contributed by atoms with Crippen LogP contribution in [0.25, 0.3) is 0 Å². The largest absolute Gasteiger partial charge is 0.393 e. The third kappa shape index (κ3) is 6.96. The summed E-state index contributed by atoms with van der Waals surface area (Å²) in [4.78, 5) is 0. The van der Waals surface area contributed by atoms with E-state index in [1.54, 1.807) is 0 Å². The van der Waals surface area contributed by atoms with Gasteiger partial charge in [-0.1, -0.05) is 46.3 Å². The number of aliphatic hydroxyl groups excluding tert-OH is 8. The van der Waals surface area contributed by atoms with Crippen molar-refractivity contribution in [3.8, 4) is 0 Å². The van der Waals surface area contributed by atoms with E-state index >= 15 is 0 Å². The van der Waals surface area contributed by atoms with Crippen molar-refractivity contribution in [2.45, 2.75) is 186 Å². The second-order valence-corrected chi connectivity index (χ2v) is 19.9. The molecule has 6 aliphatic rings. The Morgan fingerprint density at radius 3 is 2.15 bits per heavy atom. The zero-order valence-electron chi connectivity index (χ0n) is 33.5. The summed E-state index contributed by atoms with van der Waals surface area (Å²) in [5.41, 5.74) is -1.58. The predicted octanol–water partition coefficient (Wildman–Crippen LogP) is 1.76. The Balaban J connectivity index is 1.30. The number of rotatable bonds is 9. The van der Waals surface area contributed by atoms with E-state index in [0.29, 0.717) is 32.1 Å². The molecule has 4 aliphatic carbocycles. The summed E-state index contributed by atoms with van der Waals surface area (Å²) in [6.45, 7) is 16.3. The molecule has 312 valence electrons. The molecule has 0 radical (unpaired) electrons. The topological polar surface area (TPSA) is 219 Å². The third-order valence-electron chi connectivity index (χ3n) is 16.1. The Kier molecular flexibility index (Phi) is 12.0. The number of allylic oxidation sites excluding steroid dienone is 2. The van der Waals surface area contributed by atoms with Crippen LogP contribution in [0.15, 0.2) is 11.6 Å². The first-order valence-corrected chi connectivity index (χ1v) is 20.4. The fourth-order valence-electron chi connectivity index (χ4n) is 13.0. The van der Waals surface area contributed by atoms with Gasteiger partial charge in [0.15, 0.2) is 12.6 Å². The van der Waals surface area contributed by atoms with Crippen LogP contribution in [-0.4, -0.2) is 138 Å². The second-order valence-electron chi connectivity index (χ2n) is 19.9. The van der Waals surface area contributed by atoms with E-state index in [9.17, 15) is 46.0 Å². The van der Waals surface area contributed by atoms with Gasteiger partial charge in [-0.2, -0.15) is 0 Å². The van der Waals surface area contributed by atoms with Gasteiger partial charge < -0.3 is 64.9 Å². The number of hydrogen-bond acceptors (Lipinski definition) is 13. The van der Waals surface area contributed by atoms with Crippen LogP contribution in [0.5, 0.6) is 0 Å². The number of fused-ring (bicyclic) bond motifs is 5. The molecule has 0 aromatic rings. The molecule has 9 N–H and O–H groups in total. The summed E-state index contributed by atoms with van der Waals surface area (Å²) in [6, 6.07) is 0. The van der Waals surface area contributed by atoms with Crippen LogP contribution in [0.3, 0.4) is 0 Å². The van der Waals surface area contributed by atoms with Crippen molar-refractivity contribution in [2.75, 3.05) is 13.2 Å². The summed E-state index contributed by atoms with van der Waals surface area (Å²) in [5.74, 6) is -0.437. The Morgan fingerprint density at radius 2 is 1.48 bits per heavy atom. The van der Waals surface area contributed by atoms with Crippen LogP contribution in [-0.2, 0) is 18.9 Å². The predicted molar refractivity (Wildman–Crippen MR) is 196 cm³/mol. The van der Waals surface area contributed by atoms with Gasteiger partial charge in [-0.3, -0.25) is 0 Å². The highest BCUT2D eigenvalue weighted by Crippen LogP contribution is 2.76. The van der Waals surface area contributed by atoms with Gasteiger partial charge in [0.2, 0.25) is 0 Å². The molecule has 2 saturated heterocycles. The van der Waals surface area contributed by atoms with Gasteiger partial charge in [0.25, 0.3) is 0 Å². The van der Waals surface area contributed by atoms with Crippen molar-refractivity contribution in [2.24, 2.45) is 45.3 Å². The highest BCUT2D eigenvalue weighted by molar-refractivity contribution is 5.22. The average molecular weight is 771 g/mol. The van der Waals surface area contributed by atoms with E-state index in [4.69, 9.17) is 18.9 Å². The fraction of sp³-hybridized carbons (Fsp3) is 0.951. The zero-order chi connectivity index (χ0) is 39.9. The van der Waals surface area contributed by atoms with E-state index in [1.165, 1.54) is 5.57 Å². The molecule has 2 heterocycles. The molecule has 54 heavy (non-hydrogen) atoms. The number of ether oxygens (including phenoxy) is 4. The van der Waals surface area contributed by atoms with Gasteiger partial charge >= 0.3 is 0 Å². The maximum absolute atomic E-state index is 12.2. The van der Waals surface area contributed by atoms with E-state index in [0.717, 1.165) is 19.3 Å². The normalized spacial score (nSPS) is 52.8. The van der Waals surface area contributed by atoms with Crippen LogP contribution in [0.2, 0.25) is 0 Å². The van der Waals surface area contributed by atoms with Gasteiger partial charge in [-0.05, 0) is 117 Å². The highest BCUT2D eigenvalue weighted by Gasteiger charge is 2.73. The maximum Gasteiger partial charge on any atom is 0.186 e. The first-order chi connectivity index (χ1) is 25.0. The number of aliphatic hydroxyl groups is 9. The van der Waals surface area contributed by atoms with Gasteiger partial charge in [-0.15, -0.1) is 0 Å². The molecule has 4 saturated carbocycles. The van der Waals surface area contributed by atoms with Crippen molar-refractivity contribution in [3.05, 3.63) is 11.6 Å². The van der Waals surface area contributed by atoms with Crippen LogP contribution in [0.4, 0.5) is 0 Å². The minimum atomic E-state index is -1.67. The van der Waals surface area contributed by atoms with Crippen LogP contribution >= 0.6 is 0 Å². The Morgan fingerprint density at radius 1 is 0.815 bits per heavy atom. The highest BCUT2D eigenvalue weighted by atomic mass is 16.7. The van der Waals surface area contributed by atoms with Crippen LogP contribution < -0.4 is 0 Å². The van der Waals surface area contributed by atoms with Crippen molar-refractivity contribution in [1.82, 2.24) is 0 Å². The van der Waals surface area contributed by atoms with E-state index in [-0.39, 0.29) is 35.7 Å². The average Bonchev–Trinajstić information content (AvgIpc) is 3.47.